The average Bonchev–Trinajstić information content (AvgIpc) is 2.24. The predicted molar refractivity (Wildman–Crippen MR) is 71.5 cm³/mol. The second kappa shape index (κ2) is 6.05. The second-order valence-corrected chi connectivity index (χ2v) is 5.70. The van der Waals surface area contributed by atoms with E-state index < -0.39 is 0 Å². The summed E-state index contributed by atoms with van der Waals surface area (Å²) in [5.74, 6) is 0. The van der Waals surface area contributed by atoms with Crippen molar-refractivity contribution in [2.45, 2.75) is 46.1 Å². The molecule has 0 spiro atoms. The Morgan fingerprint density at radius 1 is 1.12 bits per heavy atom. The van der Waals surface area contributed by atoms with Crippen LogP contribution in [-0.2, 0) is 0 Å². The van der Waals surface area contributed by atoms with Crippen LogP contribution in [0, 0.1) is 5.41 Å². The molecule has 0 aliphatic rings. The van der Waals surface area contributed by atoms with E-state index in [1.54, 1.807) is 0 Å². The summed E-state index contributed by atoms with van der Waals surface area (Å²) in [7, 11) is 2.05. The van der Waals surface area contributed by atoms with Crippen LogP contribution >= 0.6 is 0 Å². The monoisotopic (exact) mass is 219 g/mol. The smallest absolute Gasteiger partial charge is 0.0317 e. The summed E-state index contributed by atoms with van der Waals surface area (Å²) in [6.45, 7) is 6.93. The molecule has 1 N–H and O–H groups in total. The van der Waals surface area contributed by atoms with Gasteiger partial charge in [0.15, 0.2) is 0 Å². The van der Waals surface area contributed by atoms with Crippen LogP contribution < -0.4 is 5.32 Å². The number of rotatable bonds is 5. The first kappa shape index (κ1) is 13.2. The van der Waals surface area contributed by atoms with E-state index in [1.807, 2.05) is 0 Å². The van der Waals surface area contributed by atoms with Crippen molar-refractivity contribution in [3.8, 4) is 0 Å². The van der Waals surface area contributed by atoms with Crippen molar-refractivity contribution >= 4 is 0 Å². The fraction of sp³-hybridized carbons (Fsp3) is 0.600. The summed E-state index contributed by atoms with van der Waals surface area (Å²) in [6.07, 6.45) is 3.79. The molecule has 1 unspecified atom stereocenters. The minimum absolute atomic E-state index is 0.453. The quantitative estimate of drug-likeness (QED) is 0.784. The molecule has 0 saturated heterocycles. The SMILES string of the molecule is CNC(CCCC(C)(C)C)c1ccccc1. The molecule has 0 fully saturated rings. The van der Waals surface area contributed by atoms with Gasteiger partial charge in [0.1, 0.15) is 0 Å². The van der Waals surface area contributed by atoms with Gasteiger partial charge in [-0.1, -0.05) is 57.5 Å². The summed E-state index contributed by atoms with van der Waals surface area (Å²) in [6, 6.07) is 11.2. The Bertz CT molecular complexity index is 284. The first-order valence-electron chi connectivity index (χ1n) is 6.25. The molecule has 0 saturated carbocycles. The zero-order chi connectivity index (χ0) is 12.0. The van der Waals surface area contributed by atoms with E-state index in [2.05, 4.69) is 63.5 Å². The molecule has 0 amide bonds. The Morgan fingerprint density at radius 2 is 1.75 bits per heavy atom. The van der Waals surface area contributed by atoms with Gasteiger partial charge in [0.2, 0.25) is 0 Å². The van der Waals surface area contributed by atoms with E-state index in [1.165, 1.54) is 24.8 Å². The molecule has 90 valence electrons. The number of benzene rings is 1. The van der Waals surface area contributed by atoms with Crippen molar-refractivity contribution in [3.05, 3.63) is 35.9 Å². The molecule has 1 heteroatoms. The van der Waals surface area contributed by atoms with Gasteiger partial charge < -0.3 is 5.32 Å². The highest BCUT2D eigenvalue weighted by Crippen LogP contribution is 2.25. The van der Waals surface area contributed by atoms with Crippen molar-refractivity contribution in [2.75, 3.05) is 7.05 Å². The van der Waals surface area contributed by atoms with Gasteiger partial charge >= 0.3 is 0 Å². The van der Waals surface area contributed by atoms with Crippen molar-refractivity contribution in [1.82, 2.24) is 5.32 Å². The molecule has 1 rings (SSSR count). The lowest BCUT2D eigenvalue weighted by Crippen LogP contribution is -2.17. The minimum atomic E-state index is 0.453. The predicted octanol–water partition coefficient (Wildman–Crippen LogP) is 4.16. The van der Waals surface area contributed by atoms with Crippen molar-refractivity contribution < 1.29 is 0 Å². The van der Waals surface area contributed by atoms with E-state index in [9.17, 15) is 0 Å². The Morgan fingerprint density at radius 3 is 2.25 bits per heavy atom. The highest BCUT2D eigenvalue weighted by Gasteiger charge is 2.13. The lowest BCUT2D eigenvalue weighted by atomic mass is 9.88. The highest BCUT2D eigenvalue weighted by atomic mass is 14.9. The maximum absolute atomic E-state index is 3.40. The molecule has 1 nitrogen and oxygen atoms in total. The molecule has 1 aromatic carbocycles. The van der Waals surface area contributed by atoms with Gasteiger partial charge in [-0.3, -0.25) is 0 Å². The first-order chi connectivity index (χ1) is 7.53. The molecular weight excluding hydrogens is 194 g/mol. The summed E-state index contributed by atoms with van der Waals surface area (Å²) in [4.78, 5) is 0. The van der Waals surface area contributed by atoms with Gasteiger partial charge in [-0.25, -0.2) is 0 Å². The fourth-order valence-corrected chi connectivity index (χ4v) is 2.00. The van der Waals surface area contributed by atoms with Crippen LogP contribution in [0.5, 0.6) is 0 Å². The molecule has 0 radical (unpaired) electrons. The zero-order valence-corrected chi connectivity index (χ0v) is 11.1. The Kier molecular flexibility index (Phi) is 5.01. The van der Waals surface area contributed by atoms with E-state index in [-0.39, 0.29) is 0 Å². The molecule has 0 aliphatic heterocycles. The fourth-order valence-electron chi connectivity index (χ4n) is 2.00. The third kappa shape index (κ3) is 4.80. The molecule has 1 aromatic rings. The number of hydrogen-bond acceptors (Lipinski definition) is 1. The lowest BCUT2D eigenvalue weighted by molar-refractivity contribution is 0.347. The van der Waals surface area contributed by atoms with E-state index in [4.69, 9.17) is 0 Å². The third-order valence-electron chi connectivity index (χ3n) is 2.97. The van der Waals surface area contributed by atoms with Crippen LogP contribution in [0.3, 0.4) is 0 Å². The molecule has 16 heavy (non-hydrogen) atoms. The maximum Gasteiger partial charge on any atom is 0.0317 e. The van der Waals surface area contributed by atoms with E-state index >= 15 is 0 Å². The normalized spacial score (nSPS) is 13.8. The first-order valence-corrected chi connectivity index (χ1v) is 6.25. The molecular formula is C15H25N. The van der Waals surface area contributed by atoms with Gasteiger partial charge in [0, 0.05) is 6.04 Å². The zero-order valence-electron chi connectivity index (χ0n) is 11.1. The van der Waals surface area contributed by atoms with Crippen molar-refractivity contribution in [1.29, 1.82) is 0 Å². The van der Waals surface area contributed by atoms with Gasteiger partial charge in [-0.05, 0) is 30.9 Å². The van der Waals surface area contributed by atoms with Gasteiger partial charge in [-0.15, -0.1) is 0 Å². The van der Waals surface area contributed by atoms with Crippen LogP contribution in [0.25, 0.3) is 0 Å². The van der Waals surface area contributed by atoms with E-state index in [0.29, 0.717) is 11.5 Å². The average molecular weight is 219 g/mol. The van der Waals surface area contributed by atoms with Gasteiger partial charge in [0.25, 0.3) is 0 Å². The van der Waals surface area contributed by atoms with Crippen LogP contribution in [0.1, 0.15) is 51.6 Å². The summed E-state index contributed by atoms with van der Waals surface area (Å²) in [5.41, 5.74) is 1.86. The largest absolute Gasteiger partial charge is 0.313 e. The molecule has 1 atom stereocenters. The van der Waals surface area contributed by atoms with Crippen molar-refractivity contribution in [2.24, 2.45) is 5.41 Å². The molecule has 0 aromatic heterocycles. The van der Waals surface area contributed by atoms with Gasteiger partial charge in [0.05, 0.1) is 0 Å². The molecule has 0 bridgehead atoms. The van der Waals surface area contributed by atoms with Gasteiger partial charge in [-0.2, -0.15) is 0 Å². The summed E-state index contributed by atoms with van der Waals surface area (Å²) >= 11 is 0. The molecule has 0 aliphatic carbocycles. The summed E-state index contributed by atoms with van der Waals surface area (Å²) in [5, 5.41) is 3.40. The van der Waals surface area contributed by atoms with Crippen molar-refractivity contribution in [3.63, 3.8) is 0 Å². The summed E-state index contributed by atoms with van der Waals surface area (Å²) < 4.78 is 0. The maximum atomic E-state index is 3.40. The number of nitrogens with one attached hydrogen (secondary N) is 1. The third-order valence-corrected chi connectivity index (χ3v) is 2.97. The Labute approximate surface area is 100 Å². The van der Waals surface area contributed by atoms with Crippen LogP contribution in [-0.4, -0.2) is 7.05 Å². The minimum Gasteiger partial charge on any atom is -0.313 e. The van der Waals surface area contributed by atoms with Crippen LogP contribution in [0.2, 0.25) is 0 Å². The standard InChI is InChI=1S/C15H25N/c1-15(2,3)12-8-11-14(16-4)13-9-6-5-7-10-13/h5-7,9-10,14,16H,8,11-12H2,1-4H3. The van der Waals surface area contributed by atoms with Crippen LogP contribution in [0.15, 0.2) is 30.3 Å². The number of hydrogen-bond donors (Lipinski definition) is 1. The highest BCUT2D eigenvalue weighted by molar-refractivity contribution is 5.18. The lowest BCUT2D eigenvalue weighted by Gasteiger charge is -2.21. The molecule has 0 heterocycles. The Balaban J connectivity index is 2.45. The van der Waals surface area contributed by atoms with Crippen LogP contribution in [0.4, 0.5) is 0 Å². The second-order valence-electron chi connectivity index (χ2n) is 5.70. The topological polar surface area (TPSA) is 12.0 Å². The van der Waals surface area contributed by atoms with E-state index in [0.717, 1.165) is 0 Å². The Hall–Kier alpha value is -0.820.